The van der Waals surface area contributed by atoms with Gasteiger partial charge in [0.15, 0.2) is 5.75 Å². The van der Waals surface area contributed by atoms with Crippen molar-refractivity contribution in [1.82, 2.24) is 4.98 Å². The number of nitrogens with zero attached hydrogens (tertiary/aromatic N) is 3. The van der Waals surface area contributed by atoms with E-state index in [1.54, 1.807) is 0 Å². The summed E-state index contributed by atoms with van der Waals surface area (Å²) in [6.07, 6.45) is 0. The molecule has 2 aromatic carbocycles. The van der Waals surface area contributed by atoms with Crippen LogP contribution in [0.15, 0.2) is 64.7 Å². The Morgan fingerprint density at radius 1 is 0.867 bits per heavy atom. The van der Waals surface area contributed by atoms with E-state index in [0.717, 1.165) is 28.5 Å². The van der Waals surface area contributed by atoms with E-state index in [4.69, 9.17) is 30.0 Å². The van der Waals surface area contributed by atoms with Crippen molar-refractivity contribution in [3.05, 3.63) is 82.7 Å². The third kappa shape index (κ3) is 7.03. The van der Waals surface area contributed by atoms with Gasteiger partial charge >= 0.3 is 33.3 Å². The van der Waals surface area contributed by atoms with Crippen molar-refractivity contribution in [3.8, 4) is 5.75 Å². The Kier molecular flexibility index (Phi) is 9.67. The minimum absolute atomic E-state index is 0.194. The van der Waals surface area contributed by atoms with Crippen LogP contribution in [0.1, 0.15) is 41.9 Å². The monoisotopic (exact) mass is 484 g/mol. The number of aliphatic imine (C=N–C) groups is 1. The number of para-hydroxylation sites is 1. The van der Waals surface area contributed by atoms with Gasteiger partial charge in [-0.2, -0.15) is 0 Å². The number of hydrogen-bond acceptors (Lipinski definition) is 3. The van der Waals surface area contributed by atoms with Gasteiger partial charge in [-0.25, -0.2) is 0 Å². The third-order valence-electron chi connectivity index (χ3n) is 4.33. The van der Waals surface area contributed by atoms with Crippen molar-refractivity contribution in [2.45, 2.75) is 34.6 Å². The van der Waals surface area contributed by atoms with Crippen LogP contribution in [-0.4, -0.2) is 11.4 Å². The van der Waals surface area contributed by atoms with Crippen molar-refractivity contribution in [3.63, 3.8) is 0 Å². The first-order valence-electron chi connectivity index (χ1n) is 9.25. The van der Waals surface area contributed by atoms with Crippen LogP contribution in [-0.2, 0) is 13.1 Å². The quantitative estimate of drug-likeness (QED) is 0.225. The molecule has 0 fully saturated rings. The van der Waals surface area contributed by atoms with Gasteiger partial charge in [-0.15, -0.1) is 11.4 Å². The number of benzene rings is 2. The summed E-state index contributed by atoms with van der Waals surface area (Å²) in [5.74, 6) is 0.701. The van der Waals surface area contributed by atoms with Crippen LogP contribution in [0.5, 0.6) is 5.75 Å². The van der Waals surface area contributed by atoms with Gasteiger partial charge in [0.05, 0.1) is 11.4 Å². The molecule has 0 N–H and O–H groups in total. The summed E-state index contributed by atoms with van der Waals surface area (Å²) in [5.41, 5.74) is 7.85. The third-order valence-corrected chi connectivity index (χ3v) is 4.33. The van der Waals surface area contributed by atoms with Gasteiger partial charge in [0.1, 0.15) is 0 Å². The molecule has 0 unspecified atom stereocenters. The molecule has 7 heteroatoms. The molecule has 4 nitrogen and oxygen atoms in total. The predicted molar refractivity (Wildman–Crippen MR) is 123 cm³/mol. The Hall–Kier alpha value is -2.04. The molecule has 1 aromatic heterocycles. The van der Waals surface area contributed by atoms with E-state index < -0.39 is 0 Å². The predicted octanol–water partition coefficient (Wildman–Crippen LogP) is 6.89. The number of hydrogen-bond donors (Lipinski definition) is 0. The zero-order valence-electron chi connectivity index (χ0n) is 17.6. The molecule has 1 heterocycles. The zero-order valence-corrected chi connectivity index (χ0v) is 20.2. The van der Waals surface area contributed by atoms with E-state index in [1.165, 1.54) is 16.7 Å². The van der Waals surface area contributed by atoms with Crippen LogP contribution in [0.2, 0.25) is 0 Å². The molecule has 0 radical (unpaired) electrons. The minimum atomic E-state index is 0.194. The number of rotatable bonds is 5. The van der Waals surface area contributed by atoms with E-state index in [1.807, 2.05) is 56.3 Å². The Morgan fingerprint density at radius 3 is 1.97 bits per heavy atom. The fraction of sp³-hybridized carbons (Fsp3) is 0.217. The van der Waals surface area contributed by atoms with Gasteiger partial charge in [0, 0.05) is 5.71 Å². The molecule has 0 saturated carbocycles. The molecule has 0 aliphatic rings. The summed E-state index contributed by atoms with van der Waals surface area (Å²) in [6, 6.07) is 17.7. The standard InChI is InChI=1S/C23H24N3O.2ClH.Fe/c1-15-13-16(2)23(17(3)14-15)24-18(4)21-11-12-22(25-21)19(5)26-27-20-9-7-6-8-10-20;;;/h6-14H,1-5H3;2*1H;/q-1;;;+3/p-2/b24-18?,26-19+;;;. The molecule has 0 bridgehead atoms. The maximum absolute atomic E-state index is 5.45. The van der Waals surface area contributed by atoms with Crippen LogP contribution < -0.4 is 9.82 Å². The number of aryl methyl sites for hydroxylation is 3. The van der Waals surface area contributed by atoms with Crippen molar-refractivity contribution >= 4 is 37.3 Å². The van der Waals surface area contributed by atoms with E-state index >= 15 is 0 Å². The molecule has 30 heavy (non-hydrogen) atoms. The number of halogens is 2. The Morgan fingerprint density at radius 2 is 1.40 bits per heavy atom. The van der Waals surface area contributed by atoms with Gasteiger partial charge in [-0.05, 0) is 57.9 Å². The average Bonchev–Trinajstić information content (AvgIpc) is 3.20. The average molecular weight is 485 g/mol. The normalized spacial score (nSPS) is 11.7. The fourth-order valence-corrected chi connectivity index (χ4v) is 2.99. The number of aromatic nitrogens is 1. The zero-order chi connectivity index (χ0) is 22.1. The summed E-state index contributed by atoms with van der Waals surface area (Å²) in [5, 5.41) is 4.17. The summed E-state index contributed by atoms with van der Waals surface area (Å²) in [7, 11) is 9.53. The first kappa shape index (κ1) is 24.2. The van der Waals surface area contributed by atoms with E-state index in [9.17, 15) is 0 Å². The molecule has 0 spiro atoms. The Balaban J connectivity index is 0.00000101. The Labute approximate surface area is 193 Å². The first-order chi connectivity index (χ1) is 14.3. The van der Waals surface area contributed by atoms with E-state index in [-0.39, 0.29) is 13.1 Å². The van der Waals surface area contributed by atoms with Crippen LogP contribution >= 0.6 is 20.2 Å². The second kappa shape index (κ2) is 12.0. The number of oxime groups is 1. The summed E-state index contributed by atoms with van der Waals surface area (Å²) in [4.78, 5) is 14.9. The summed E-state index contributed by atoms with van der Waals surface area (Å²) < 4.78 is 0. The molecule has 159 valence electrons. The van der Waals surface area contributed by atoms with Crippen LogP contribution in [0, 0.1) is 20.8 Å². The first-order valence-corrected chi connectivity index (χ1v) is 12.3. The summed E-state index contributed by atoms with van der Waals surface area (Å²) in [6.45, 7) is 10.2. The van der Waals surface area contributed by atoms with E-state index in [0.29, 0.717) is 5.75 Å². The molecular weight excluding hydrogens is 461 g/mol. The SMILES string of the molecule is CC(=Nc1c(C)cc(C)cc1C)c1ccc(/C(C)=N/Oc2ccccc2)[n-]1.[Cl][Fe+][Cl]. The molecule has 0 aliphatic heterocycles. The second-order valence-electron chi connectivity index (χ2n) is 6.79. The van der Waals surface area contributed by atoms with Gasteiger partial charge in [-0.3, -0.25) is 4.99 Å². The van der Waals surface area contributed by atoms with Gasteiger partial charge in [0.2, 0.25) is 0 Å². The van der Waals surface area contributed by atoms with Crippen LogP contribution in [0.25, 0.3) is 0 Å². The molecule has 0 aliphatic carbocycles. The molecule has 0 atom stereocenters. The van der Waals surface area contributed by atoms with Crippen LogP contribution in [0.3, 0.4) is 0 Å². The van der Waals surface area contributed by atoms with Crippen molar-refractivity contribution in [2.24, 2.45) is 10.1 Å². The van der Waals surface area contributed by atoms with Crippen LogP contribution in [0.4, 0.5) is 5.69 Å². The van der Waals surface area contributed by atoms with Gasteiger partial charge < -0.3 is 9.82 Å². The van der Waals surface area contributed by atoms with E-state index in [2.05, 4.69) is 43.0 Å². The van der Waals surface area contributed by atoms with Gasteiger partial charge in [0.25, 0.3) is 0 Å². The molecular formula is C23H24Cl2FeN3O. The molecule has 0 saturated heterocycles. The molecule has 0 amide bonds. The van der Waals surface area contributed by atoms with Crippen molar-refractivity contribution < 1.29 is 18.0 Å². The van der Waals surface area contributed by atoms with Crippen molar-refractivity contribution in [2.75, 3.05) is 0 Å². The van der Waals surface area contributed by atoms with Gasteiger partial charge in [-0.1, -0.05) is 53.2 Å². The maximum atomic E-state index is 5.45. The fourth-order valence-electron chi connectivity index (χ4n) is 2.99. The molecule has 3 rings (SSSR count). The van der Waals surface area contributed by atoms with Crippen molar-refractivity contribution in [1.29, 1.82) is 0 Å². The topological polar surface area (TPSA) is 48.1 Å². The second-order valence-corrected chi connectivity index (χ2v) is 8.62. The Bertz CT molecular complexity index is 1010. The molecule has 3 aromatic rings. The summed E-state index contributed by atoms with van der Waals surface area (Å²) >= 11 is 0.194.